The minimum atomic E-state index is -1.22. The molecule has 7 aromatic rings. The first-order chi connectivity index (χ1) is 24.0. The Morgan fingerprint density at radius 1 is 0.367 bits per heavy atom. The Hall–Kier alpha value is -4.97. The van der Waals surface area contributed by atoms with Crippen LogP contribution in [-0.2, 0) is 5.41 Å². The molecule has 242 valence electrons. The quantitative estimate of drug-likeness (QED) is 0.0877. The molecule has 1 unspecified atom stereocenters. The third kappa shape index (κ3) is 6.96. The van der Waals surface area contributed by atoms with Crippen molar-refractivity contribution in [3.05, 3.63) is 228 Å². The highest BCUT2D eigenvalue weighted by Crippen LogP contribution is 2.41. The molecule has 0 aromatic heterocycles. The average molecular weight is 653 g/mol. The van der Waals surface area contributed by atoms with Gasteiger partial charge in [0, 0.05) is 0 Å². The largest absolute Gasteiger partial charge is 0.195 e. The van der Waals surface area contributed by atoms with Crippen molar-refractivity contribution < 1.29 is 0 Å². The summed E-state index contributed by atoms with van der Waals surface area (Å²) in [5, 5.41) is 0. The maximum atomic E-state index is 2.35. The summed E-state index contributed by atoms with van der Waals surface area (Å²) in [4.78, 5) is 0. The number of aryl methyl sites for hydroxylation is 3. The number of rotatable bonds is 8. The molecule has 0 aliphatic rings. The maximum Gasteiger partial charge on any atom is 0.108 e. The SMILES string of the molecule is Cc1cccc(C(C[PH3+])(c2cccc(C)c2)c2cccc(C)c2)c1.c1ccc([B-](c2ccccc2)(c2ccccc2)c2ccccc2)cc1. The Morgan fingerprint density at radius 3 is 0.857 bits per heavy atom. The standard InChI is InChI=1S/C24H20B.C23H25P/c1-5-13-21(14-6-1)25(22-15-7-2-8-16-22,23-17-9-3-10-18-23)24-19-11-4-12-20-24;1-17-7-4-10-20(13-17)23(16-24,21-11-5-8-18(2)14-21)22-12-6-9-19(3)15-22/h1-20H;4-15H,16,24H2,1-3H3/q-1;/p+1. The normalized spacial score (nSPS) is 11.4. The molecular weight excluding hydrogens is 606 g/mol. The van der Waals surface area contributed by atoms with E-state index in [1.807, 2.05) is 0 Å². The highest BCUT2D eigenvalue weighted by atomic mass is 31.0. The van der Waals surface area contributed by atoms with Crippen molar-refractivity contribution in [1.29, 1.82) is 0 Å². The molecule has 0 bridgehead atoms. The molecule has 0 saturated carbocycles. The molecule has 0 nitrogen and oxygen atoms in total. The molecular formula is C47H46BP. The van der Waals surface area contributed by atoms with E-state index in [2.05, 4.69) is 224 Å². The zero-order valence-electron chi connectivity index (χ0n) is 29.0. The number of hydrogen-bond donors (Lipinski definition) is 0. The van der Waals surface area contributed by atoms with Crippen LogP contribution in [-0.4, -0.2) is 12.3 Å². The summed E-state index contributed by atoms with van der Waals surface area (Å²) < 4.78 is 0. The van der Waals surface area contributed by atoms with Crippen LogP contribution in [0.1, 0.15) is 33.4 Å². The molecule has 7 aromatic carbocycles. The fraction of sp³-hybridized carbons (Fsp3) is 0.106. The van der Waals surface area contributed by atoms with Crippen LogP contribution in [0.2, 0.25) is 0 Å². The topological polar surface area (TPSA) is 0 Å². The van der Waals surface area contributed by atoms with E-state index in [0.29, 0.717) is 0 Å². The van der Waals surface area contributed by atoms with E-state index in [1.54, 1.807) is 0 Å². The van der Waals surface area contributed by atoms with Crippen molar-refractivity contribution in [2.24, 2.45) is 0 Å². The molecule has 0 aliphatic carbocycles. The van der Waals surface area contributed by atoms with Crippen LogP contribution in [0, 0.1) is 20.8 Å². The second-order valence-electron chi connectivity index (χ2n) is 13.3. The van der Waals surface area contributed by atoms with Gasteiger partial charge in [-0.25, -0.2) is 0 Å². The van der Waals surface area contributed by atoms with Gasteiger partial charge in [0.1, 0.15) is 6.15 Å². The van der Waals surface area contributed by atoms with Gasteiger partial charge < -0.3 is 0 Å². The van der Waals surface area contributed by atoms with Crippen LogP contribution < -0.4 is 21.9 Å². The smallest absolute Gasteiger partial charge is 0.108 e. The summed E-state index contributed by atoms with van der Waals surface area (Å²) in [5.74, 6) is 0. The Morgan fingerprint density at radius 2 is 0.633 bits per heavy atom. The lowest BCUT2D eigenvalue weighted by Gasteiger charge is -2.44. The molecule has 0 saturated heterocycles. The van der Waals surface area contributed by atoms with Gasteiger partial charge in [-0.1, -0.05) is 211 Å². The first-order valence-corrected chi connectivity index (χ1v) is 18.4. The molecule has 0 heterocycles. The van der Waals surface area contributed by atoms with Crippen molar-refractivity contribution in [1.82, 2.24) is 0 Å². The summed E-state index contributed by atoms with van der Waals surface area (Å²) in [5.41, 5.74) is 13.4. The van der Waals surface area contributed by atoms with Crippen LogP contribution in [0.3, 0.4) is 0 Å². The Kier molecular flexibility index (Phi) is 10.7. The third-order valence-corrected chi connectivity index (χ3v) is 10.9. The molecule has 0 spiro atoms. The van der Waals surface area contributed by atoms with Crippen molar-refractivity contribution >= 4 is 37.2 Å². The van der Waals surface area contributed by atoms with Gasteiger partial charge in [-0.3, -0.25) is 0 Å². The van der Waals surface area contributed by atoms with Crippen LogP contribution in [0.4, 0.5) is 0 Å². The van der Waals surface area contributed by atoms with Crippen molar-refractivity contribution in [2.45, 2.75) is 26.2 Å². The van der Waals surface area contributed by atoms with E-state index in [0.717, 1.165) is 6.16 Å². The van der Waals surface area contributed by atoms with Crippen molar-refractivity contribution in [3.63, 3.8) is 0 Å². The molecule has 0 amide bonds. The van der Waals surface area contributed by atoms with Crippen LogP contribution in [0.15, 0.2) is 194 Å². The summed E-state index contributed by atoms with van der Waals surface area (Å²) in [7, 11) is 2.07. The van der Waals surface area contributed by atoms with E-state index in [4.69, 9.17) is 0 Å². The molecule has 0 aliphatic heterocycles. The van der Waals surface area contributed by atoms with E-state index < -0.39 is 6.15 Å². The molecule has 2 heteroatoms. The monoisotopic (exact) mass is 652 g/mol. The zero-order valence-corrected chi connectivity index (χ0v) is 30.4. The highest BCUT2D eigenvalue weighted by Gasteiger charge is 2.37. The molecule has 0 radical (unpaired) electrons. The molecule has 49 heavy (non-hydrogen) atoms. The van der Waals surface area contributed by atoms with Crippen LogP contribution >= 0.6 is 9.24 Å². The lowest BCUT2D eigenvalue weighted by Crippen LogP contribution is -2.74. The van der Waals surface area contributed by atoms with E-state index in [9.17, 15) is 0 Å². The molecule has 7 rings (SSSR count). The lowest BCUT2D eigenvalue weighted by atomic mass is 9.13. The average Bonchev–Trinajstić information content (AvgIpc) is 3.15. The van der Waals surface area contributed by atoms with Gasteiger partial charge in [-0.15, -0.1) is 0 Å². The second-order valence-corrected chi connectivity index (χ2v) is 13.8. The lowest BCUT2D eigenvalue weighted by molar-refractivity contribution is 0.702. The van der Waals surface area contributed by atoms with Gasteiger partial charge in [0.25, 0.3) is 0 Å². The van der Waals surface area contributed by atoms with Gasteiger partial charge >= 0.3 is 0 Å². The van der Waals surface area contributed by atoms with Gasteiger partial charge in [0.05, 0.1) is 11.6 Å². The first kappa shape index (κ1) is 33.9. The number of benzene rings is 7. The summed E-state index contributed by atoms with van der Waals surface area (Å²) in [6, 6.07) is 70.5. The summed E-state index contributed by atoms with van der Waals surface area (Å²) in [6.07, 6.45) is -0.157. The summed E-state index contributed by atoms with van der Waals surface area (Å²) in [6.45, 7) is 6.54. The molecule has 0 fully saturated rings. The van der Waals surface area contributed by atoms with Crippen LogP contribution in [0.5, 0.6) is 0 Å². The fourth-order valence-electron chi connectivity index (χ4n) is 7.79. The first-order valence-electron chi connectivity index (χ1n) is 17.4. The number of hydrogen-bond acceptors (Lipinski definition) is 0. The Bertz CT molecular complexity index is 1800. The van der Waals surface area contributed by atoms with E-state index >= 15 is 0 Å². The van der Waals surface area contributed by atoms with Gasteiger partial charge in [0.15, 0.2) is 0 Å². The van der Waals surface area contributed by atoms with Gasteiger partial charge in [-0.05, 0) is 46.7 Å². The zero-order chi connectivity index (χ0) is 34.1. The fourth-order valence-corrected chi connectivity index (χ4v) is 8.65. The highest BCUT2D eigenvalue weighted by molar-refractivity contribution is 7.19. The molecule has 1 atom stereocenters. The van der Waals surface area contributed by atoms with Crippen LogP contribution in [0.25, 0.3) is 0 Å². The second kappa shape index (κ2) is 15.5. The maximum absolute atomic E-state index is 2.35. The van der Waals surface area contributed by atoms with E-state index in [-0.39, 0.29) is 5.41 Å². The minimum Gasteiger partial charge on any atom is -0.195 e. The summed E-state index contributed by atoms with van der Waals surface area (Å²) >= 11 is 0. The van der Waals surface area contributed by atoms with Crippen molar-refractivity contribution in [3.8, 4) is 0 Å². The predicted molar refractivity (Wildman–Crippen MR) is 219 cm³/mol. The Balaban J connectivity index is 0.000000170. The molecule has 0 N–H and O–H groups in total. The van der Waals surface area contributed by atoms with E-state index in [1.165, 1.54) is 55.2 Å². The van der Waals surface area contributed by atoms with Gasteiger partial charge in [-0.2, -0.15) is 21.9 Å². The minimum absolute atomic E-state index is 0.0947. The van der Waals surface area contributed by atoms with Crippen molar-refractivity contribution in [2.75, 3.05) is 6.16 Å². The van der Waals surface area contributed by atoms with Gasteiger partial charge in [0.2, 0.25) is 0 Å². The Labute approximate surface area is 296 Å². The third-order valence-electron chi connectivity index (χ3n) is 10.1. The predicted octanol–water partition coefficient (Wildman–Crippen LogP) is 8.62.